The Labute approximate surface area is 156 Å². The molecule has 1 N–H and O–H groups in total. The number of nitrogens with one attached hydrogen (secondary N) is 1. The molecule has 0 bridgehead atoms. The van der Waals surface area contributed by atoms with Crippen LogP contribution in [0.5, 0.6) is 0 Å². The maximum absolute atomic E-state index is 13.1. The van der Waals surface area contributed by atoms with Crippen LogP contribution in [0, 0.1) is 10.7 Å². The fraction of sp³-hybridized carbons (Fsp3) is 0.400. The Kier molecular flexibility index (Phi) is 4.61. The van der Waals surface area contributed by atoms with Gasteiger partial charge >= 0.3 is 0 Å². The lowest BCUT2D eigenvalue weighted by molar-refractivity contribution is 0.509. The number of hydrogen-bond acceptors (Lipinski definition) is 3. The van der Waals surface area contributed by atoms with Gasteiger partial charge in [-0.3, -0.25) is 9.36 Å². The van der Waals surface area contributed by atoms with E-state index in [9.17, 15) is 4.79 Å². The minimum atomic E-state index is 0.0962. The normalized spacial score (nSPS) is 16.9. The number of H-pyrrole nitrogens is 1. The van der Waals surface area contributed by atoms with Crippen molar-refractivity contribution >= 4 is 33.8 Å². The van der Waals surface area contributed by atoms with E-state index in [0.717, 1.165) is 35.9 Å². The SMILES string of the molecule is C[C@@H]1CCc2c(sc3[nH]c(=S)n(CCCc4ccccc4)c(=O)c23)C1. The fourth-order valence-corrected chi connectivity index (χ4v) is 5.49. The monoisotopic (exact) mass is 370 g/mol. The molecule has 4 rings (SSSR count). The molecule has 0 saturated heterocycles. The summed E-state index contributed by atoms with van der Waals surface area (Å²) in [6, 6.07) is 10.4. The van der Waals surface area contributed by atoms with Gasteiger partial charge in [-0.15, -0.1) is 11.3 Å². The first-order valence-electron chi connectivity index (χ1n) is 8.95. The lowest BCUT2D eigenvalue weighted by Gasteiger charge is -2.17. The molecule has 1 aliphatic carbocycles. The molecule has 0 fully saturated rings. The summed E-state index contributed by atoms with van der Waals surface area (Å²) in [4.78, 5) is 18.7. The smallest absolute Gasteiger partial charge is 0.263 e. The van der Waals surface area contributed by atoms with Crippen molar-refractivity contribution in [2.45, 2.75) is 45.6 Å². The summed E-state index contributed by atoms with van der Waals surface area (Å²) < 4.78 is 2.31. The van der Waals surface area contributed by atoms with Gasteiger partial charge in [-0.1, -0.05) is 37.3 Å². The maximum atomic E-state index is 13.1. The molecule has 0 radical (unpaired) electrons. The largest absolute Gasteiger partial charge is 0.323 e. The zero-order valence-electron chi connectivity index (χ0n) is 14.4. The molecule has 1 aliphatic rings. The predicted octanol–water partition coefficient (Wildman–Crippen LogP) is 4.88. The Hall–Kier alpha value is -1.72. The van der Waals surface area contributed by atoms with Crippen LogP contribution in [0.15, 0.2) is 35.1 Å². The number of nitrogens with zero attached hydrogens (tertiary/aromatic N) is 1. The molecule has 2 heterocycles. The zero-order valence-corrected chi connectivity index (χ0v) is 16.0. The van der Waals surface area contributed by atoms with E-state index in [2.05, 4.69) is 36.2 Å². The number of fused-ring (bicyclic) bond motifs is 3. The molecule has 0 saturated carbocycles. The molecule has 5 heteroatoms. The summed E-state index contributed by atoms with van der Waals surface area (Å²) >= 11 is 7.20. The van der Waals surface area contributed by atoms with Crippen molar-refractivity contribution in [3.05, 3.63) is 61.5 Å². The Morgan fingerprint density at radius 3 is 2.92 bits per heavy atom. The molecule has 0 unspecified atom stereocenters. The summed E-state index contributed by atoms with van der Waals surface area (Å²) in [5.74, 6) is 0.705. The van der Waals surface area contributed by atoms with Crippen LogP contribution in [0.4, 0.5) is 0 Å². The topological polar surface area (TPSA) is 37.8 Å². The summed E-state index contributed by atoms with van der Waals surface area (Å²) in [5, 5.41) is 0.889. The highest BCUT2D eigenvalue weighted by molar-refractivity contribution is 7.71. The highest BCUT2D eigenvalue weighted by Crippen LogP contribution is 2.35. The van der Waals surface area contributed by atoms with Crippen LogP contribution in [0.2, 0.25) is 0 Å². The van der Waals surface area contributed by atoms with Crippen LogP contribution in [-0.4, -0.2) is 9.55 Å². The van der Waals surface area contributed by atoms with Gasteiger partial charge in [0, 0.05) is 11.4 Å². The van der Waals surface area contributed by atoms with Gasteiger partial charge in [0.25, 0.3) is 5.56 Å². The third-order valence-electron chi connectivity index (χ3n) is 5.13. The molecule has 130 valence electrons. The van der Waals surface area contributed by atoms with E-state index in [1.807, 2.05) is 6.07 Å². The van der Waals surface area contributed by atoms with Gasteiger partial charge < -0.3 is 4.98 Å². The second-order valence-electron chi connectivity index (χ2n) is 7.03. The molecule has 0 amide bonds. The number of hydrogen-bond donors (Lipinski definition) is 1. The van der Waals surface area contributed by atoms with Gasteiger partial charge in [-0.05, 0) is 61.4 Å². The molecule has 0 spiro atoms. The van der Waals surface area contributed by atoms with Crippen LogP contribution >= 0.6 is 23.6 Å². The van der Waals surface area contributed by atoms with Crippen molar-refractivity contribution in [2.75, 3.05) is 0 Å². The van der Waals surface area contributed by atoms with Gasteiger partial charge in [0.15, 0.2) is 4.77 Å². The third kappa shape index (κ3) is 3.23. The summed E-state index contributed by atoms with van der Waals surface area (Å²) in [6.07, 6.45) is 5.14. The van der Waals surface area contributed by atoms with Crippen molar-refractivity contribution in [3.8, 4) is 0 Å². The summed E-state index contributed by atoms with van der Waals surface area (Å²) in [5.41, 5.74) is 2.67. The van der Waals surface area contributed by atoms with Gasteiger partial charge in [-0.2, -0.15) is 0 Å². The van der Waals surface area contributed by atoms with Crippen molar-refractivity contribution in [1.82, 2.24) is 9.55 Å². The predicted molar refractivity (Wildman–Crippen MR) is 107 cm³/mol. The number of aryl methyl sites for hydroxylation is 2. The van der Waals surface area contributed by atoms with Gasteiger partial charge in [0.2, 0.25) is 0 Å². The van der Waals surface area contributed by atoms with E-state index in [-0.39, 0.29) is 5.56 Å². The fourth-order valence-electron chi connectivity index (χ4n) is 3.75. The van der Waals surface area contributed by atoms with Crippen molar-refractivity contribution in [1.29, 1.82) is 0 Å². The minimum Gasteiger partial charge on any atom is -0.323 e. The number of aromatic nitrogens is 2. The molecule has 25 heavy (non-hydrogen) atoms. The van der Waals surface area contributed by atoms with E-state index < -0.39 is 0 Å². The quantitative estimate of drug-likeness (QED) is 0.665. The van der Waals surface area contributed by atoms with Gasteiger partial charge in [-0.25, -0.2) is 0 Å². The average molecular weight is 371 g/mol. The highest BCUT2D eigenvalue weighted by Gasteiger charge is 2.23. The Morgan fingerprint density at radius 1 is 1.32 bits per heavy atom. The molecule has 3 aromatic rings. The van der Waals surface area contributed by atoms with Crippen molar-refractivity contribution < 1.29 is 0 Å². The molecule has 1 atom stereocenters. The molecular weight excluding hydrogens is 348 g/mol. The Morgan fingerprint density at radius 2 is 2.12 bits per heavy atom. The first-order valence-corrected chi connectivity index (χ1v) is 10.2. The lowest BCUT2D eigenvalue weighted by Crippen LogP contribution is -2.23. The standard InChI is InChI=1S/C20H22N2OS2/c1-13-9-10-15-16(12-13)25-18-17(15)19(23)22(20(24)21-18)11-5-8-14-6-3-2-4-7-14/h2-4,6-7,13H,5,8-12H2,1H3,(H,21,24)/t13-/m1/s1. The first kappa shape index (κ1) is 16.7. The molecular formula is C20H22N2OS2. The van der Waals surface area contributed by atoms with E-state index in [0.29, 0.717) is 17.2 Å². The van der Waals surface area contributed by atoms with Gasteiger partial charge in [0.1, 0.15) is 4.83 Å². The lowest BCUT2D eigenvalue weighted by atomic mass is 9.89. The molecule has 0 aliphatic heterocycles. The van der Waals surface area contributed by atoms with Crippen molar-refractivity contribution in [2.24, 2.45) is 5.92 Å². The van der Waals surface area contributed by atoms with Gasteiger partial charge in [0.05, 0.1) is 5.39 Å². The summed E-state index contributed by atoms with van der Waals surface area (Å²) in [6.45, 7) is 2.96. The van der Waals surface area contributed by atoms with Crippen LogP contribution < -0.4 is 5.56 Å². The summed E-state index contributed by atoms with van der Waals surface area (Å²) in [7, 11) is 0. The van der Waals surface area contributed by atoms with E-state index in [4.69, 9.17) is 12.2 Å². The first-order chi connectivity index (χ1) is 12.1. The minimum absolute atomic E-state index is 0.0962. The Bertz CT molecular complexity index is 1010. The van der Waals surface area contributed by atoms with E-state index >= 15 is 0 Å². The van der Waals surface area contributed by atoms with Crippen LogP contribution in [0.3, 0.4) is 0 Å². The van der Waals surface area contributed by atoms with E-state index in [1.54, 1.807) is 15.9 Å². The molecule has 2 aromatic heterocycles. The number of rotatable bonds is 4. The van der Waals surface area contributed by atoms with Crippen LogP contribution in [0.25, 0.3) is 10.2 Å². The van der Waals surface area contributed by atoms with Crippen molar-refractivity contribution in [3.63, 3.8) is 0 Å². The van der Waals surface area contributed by atoms with E-state index in [1.165, 1.54) is 22.4 Å². The third-order valence-corrected chi connectivity index (χ3v) is 6.62. The van der Waals surface area contributed by atoms with Crippen LogP contribution in [-0.2, 0) is 25.8 Å². The maximum Gasteiger partial charge on any atom is 0.263 e. The highest BCUT2D eigenvalue weighted by atomic mass is 32.1. The number of thiophene rings is 1. The molecule has 3 nitrogen and oxygen atoms in total. The second kappa shape index (κ2) is 6.89. The number of benzene rings is 1. The zero-order chi connectivity index (χ0) is 17.4. The Balaban J connectivity index is 1.65. The average Bonchev–Trinajstić information content (AvgIpc) is 2.95. The second-order valence-corrected chi connectivity index (χ2v) is 8.52. The molecule has 1 aromatic carbocycles. The number of aromatic amines is 1. The van der Waals surface area contributed by atoms with Crippen LogP contribution in [0.1, 0.15) is 35.8 Å².